The van der Waals surface area contributed by atoms with Crippen molar-refractivity contribution >= 4 is 29.3 Å². The molecular formula is C17H24N2O3S. The smallest absolute Gasteiger partial charge is 0.237 e. The zero-order valence-electron chi connectivity index (χ0n) is 13.8. The second-order valence-corrected chi connectivity index (χ2v) is 7.36. The van der Waals surface area contributed by atoms with Crippen LogP contribution in [0, 0.1) is 5.92 Å². The highest BCUT2D eigenvalue weighted by molar-refractivity contribution is 8.00. The number of rotatable bonds is 6. The normalized spacial score (nSPS) is 16.9. The Balaban J connectivity index is 1.91. The lowest BCUT2D eigenvalue weighted by Gasteiger charge is -2.29. The molecule has 0 unspecified atom stereocenters. The molecule has 2 N–H and O–H groups in total. The van der Waals surface area contributed by atoms with E-state index in [4.69, 9.17) is 0 Å². The first kappa shape index (κ1) is 17.8. The summed E-state index contributed by atoms with van der Waals surface area (Å²) in [7, 11) is 0. The van der Waals surface area contributed by atoms with Crippen molar-refractivity contribution in [3.8, 4) is 0 Å². The number of benzene rings is 1. The van der Waals surface area contributed by atoms with Crippen molar-refractivity contribution in [1.82, 2.24) is 5.32 Å². The van der Waals surface area contributed by atoms with E-state index in [-0.39, 0.29) is 30.7 Å². The minimum atomic E-state index is -0.931. The summed E-state index contributed by atoms with van der Waals surface area (Å²) in [5, 5.41) is 12.9. The van der Waals surface area contributed by atoms with Crippen molar-refractivity contribution in [2.45, 2.75) is 37.7 Å². The van der Waals surface area contributed by atoms with Crippen LogP contribution in [0.15, 0.2) is 29.2 Å². The Bertz CT molecular complexity index is 587. The molecule has 0 aromatic heterocycles. The molecule has 0 aliphatic carbocycles. The van der Waals surface area contributed by atoms with Gasteiger partial charge in [0.05, 0.1) is 17.0 Å². The van der Waals surface area contributed by atoms with Gasteiger partial charge in [-0.1, -0.05) is 26.0 Å². The number of nitrogens with one attached hydrogen (secondary N) is 1. The Morgan fingerprint density at radius 1 is 1.43 bits per heavy atom. The van der Waals surface area contributed by atoms with Gasteiger partial charge in [-0.25, -0.2) is 0 Å². The van der Waals surface area contributed by atoms with Gasteiger partial charge in [0.25, 0.3) is 0 Å². The molecule has 0 spiro atoms. The number of carbonyl (C=O) groups excluding carboxylic acids is 2. The third-order valence-electron chi connectivity index (χ3n) is 4.26. The maximum Gasteiger partial charge on any atom is 0.237 e. The molecule has 6 heteroatoms. The van der Waals surface area contributed by atoms with Crippen LogP contribution in [-0.2, 0) is 9.59 Å². The number of thioether (sulfide) groups is 1. The molecule has 0 saturated heterocycles. The van der Waals surface area contributed by atoms with Gasteiger partial charge >= 0.3 is 0 Å². The van der Waals surface area contributed by atoms with Crippen LogP contribution in [0.1, 0.15) is 27.2 Å². The molecule has 1 aromatic rings. The van der Waals surface area contributed by atoms with Crippen LogP contribution in [0.25, 0.3) is 0 Å². The van der Waals surface area contributed by atoms with E-state index in [0.29, 0.717) is 12.3 Å². The van der Waals surface area contributed by atoms with Gasteiger partial charge in [0.2, 0.25) is 11.8 Å². The van der Waals surface area contributed by atoms with Crippen LogP contribution >= 0.6 is 11.8 Å². The summed E-state index contributed by atoms with van der Waals surface area (Å²) in [6.07, 6.45) is 0.221. The fourth-order valence-electron chi connectivity index (χ4n) is 2.18. The van der Waals surface area contributed by atoms with Crippen molar-refractivity contribution in [2.24, 2.45) is 5.92 Å². The fourth-order valence-corrected chi connectivity index (χ4v) is 3.12. The lowest BCUT2D eigenvalue weighted by molar-refractivity contribution is -0.122. The highest BCUT2D eigenvalue weighted by Gasteiger charge is 2.27. The lowest BCUT2D eigenvalue weighted by atomic mass is 9.92. The van der Waals surface area contributed by atoms with E-state index in [2.05, 4.69) is 5.32 Å². The Kier molecular flexibility index (Phi) is 5.70. The van der Waals surface area contributed by atoms with Crippen molar-refractivity contribution in [2.75, 3.05) is 23.7 Å². The molecule has 1 heterocycles. The van der Waals surface area contributed by atoms with E-state index in [0.717, 1.165) is 10.6 Å². The maximum atomic E-state index is 12.1. The number of aliphatic hydroxyl groups is 1. The van der Waals surface area contributed by atoms with Gasteiger partial charge in [-0.3, -0.25) is 9.59 Å². The Labute approximate surface area is 141 Å². The molecule has 0 radical (unpaired) electrons. The summed E-state index contributed by atoms with van der Waals surface area (Å²) < 4.78 is 0. The van der Waals surface area contributed by atoms with Gasteiger partial charge in [-0.2, -0.15) is 0 Å². The first-order chi connectivity index (χ1) is 10.8. The predicted octanol–water partition coefficient (Wildman–Crippen LogP) is 2.04. The van der Waals surface area contributed by atoms with Gasteiger partial charge < -0.3 is 15.3 Å². The highest BCUT2D eigenvalue weighted by Crippen LogP contribution is 2.34. The Morgan fingerprint density at radius 3 is 2.83 bits per heavy atom. The molecule has 2 amide bonds. The molecule has 5 nitrogen and oxygen atoms in total. The molecule has 126 valence electrons. The van der Waals surface area contributed by atoms with E-state index < -0.39 is 5.60 Å². The third kappa shape index (κ3) is 4.48. The summed E-state index contributed by atoms with van der Waals surface area (Å²) in [6.45, 7) is 6.09. The van der Waals surface area contributed by atoms with Gasteiger partial charge in [0.15, 0.2) is 0 Å². The van der Waals surface area contributed by atoms with Crippen LogP contribution < -0.4 is 10.2 Å². The summed E-state index contributed by atoms with van der Waals surface area (Å²) >= 11 is 1.53. The molecular weight excluding hydrogens is 312 g/mol. The predicted molar refractivity (Wildman–Crippen MR) is 92.6 cm³/mol. The molecule has 0 saturated carbocycles. The van der Waals surface area contributed by atoms with Gasteiger partial charge in [-0.05, 0) is 25.0 Å². The molecule has 2 rings (SSSR count). The van der Waals surface area contributed by atoms with Crippen molar-refractivity contribution in [1.29, 1.82) is 0 Å². The van der Waals surface area contributed by atoms with Gasteiger partial charge in [-0.15, -0.1) is 11.8 Å². The molecule has 1 aromatic carbocycles. The van der Waals surface area contributed by atoms with Crippen molar-refractivity contribution in [3.63, 3.8) is 0 Å². The molecule has 23 heavy (non-hydrogen) atoms. The minimum Gasteiger partial charge on any atom is -0.388 e. The number of para-hydroxylation sites is 1. The Morgan fingerprint density at radius 2 is 2.13 bits per heavy atom. The first-order valence-corrected chi connectivity index (χ1v) is 8.81. The van der Waals surface area contributed by atoms with E-state index >= 15 is 0 Å². The molecule has 1 aliphatic rings. The van der Waals surface area contributed by atoms with E-state index in [9.17, 15) is 14.7 Å². The topological polar surface area (TPSA) is 69.6 Å². The second-order valence-electron chi connectivity index (χ2n) is 6.34. The number of anilines is 1. The molecule has 1 atom stereocenters. The molecule has 1 aliphatic heterocycles. The Hall–Kier alpha value is -1.53. The van der Waals surface area contributed by atoms with Crippen LogP contribution in [0.3, 0.4) is 0 Å². The maximum absolute atomic E-state index is 12.1. The number of nitrogens with zero attached hydrogens (tertiary/aromatic N) is 1. The molecule has 0 bridgehead atoms. The number of hydrogen-bond acceptors (Lipinski definition) is 4. The van der Waals surface area contributed by atoms with E-state index in [1.807, 2.05) is 38.1 Å². The quantitative estimate of drug-likeness (QED) is 0.834. The third-order valence-corrected chi connectivity index (χ3v) is 5.31. The number of fused-ring (bicyclic) bond motifs is 1. The summed E-state index contributed by atoms with van der Waals surface area (Å²) in [5.74, 6) is 0.321. The van der Waals surface area contributed by atoms with E-state index in [1.165, 1.54) is 11.8 Å². The number of hydrogen-bond donors (Lipinski definition) is 2. The SMILES string of the molecule is CC(C)[C@](C)(O)CNC(=O)CCN1C(=O)CSc2ccccc21. The summed E-state index contributed by atoms with van der Waals surface area (Å²) in [5.41, 5.74) is -0.0597. The van der Waals surface area contributed by atoms with Crippen LogP contribution in [0.5, 0.6) is 0 Å². The first-order valence-electron chi connectivity index (χ1n) is 7.82. The van der Waals surface area contributed by atoms with Gasteiger partial charge in [0, 0.05) is 24.4 Å². The number of carbonyl (C=O) groups is 2. The zero-order chi connectivity index (χ0) is 17.0. The highest BCUT2D eigenvalue weighted by atomic mass is 32.2. The fraction of sp³-hybridized carbons (Fsp3) is 0.529. The van der Waals surface area contributed by atoms with Crippen LogP contribution in [-0.4, -0.2) is 41.4 Å². The average molecular weight is 336 g/mol. The largest absolute Gasteiger partial charge is 0.388 e. The number of amides is 2. The zero-order valence-corrected chi connectivity index (χ0v) is 14.7. The summed E-state index contributed by atoms with van der Waals surface area (Å²) in [4.78, 5) is 26.9. The van der Waals surface area contributed by atoms with Crippen LogP contribution in [0.4, 0.5) is 5.69 Å². The minimum absolute atomic E-state index is 0.0238. The molecule has 0 fully saturated rings. The second kappa shape index (κ2) is 7.36. The van der Waals surface area contributed by atoms with Crippen molar-refractivity contribution in [3.05, 3.63) is 24.3 Å². The average Bonchev–Trinajstić information content (AvgIpc) is 2.52. The standard InChI is InChI=1S/C17H24N2O3S/c1-12(2)17(3,22)11-18-15(20)8-9-19-13-6-4-5-7-14(13)23-10-16(19)21/h4-7,12,22H,8-11H2,1-3H3,(H,18,20)/t17-/m1/s1. The van der Waals surface area contributed by atoms with E-state index in [1.54, 1.807) is 11.8 Å². The van der Waals surface area contributed by atoms with Gasteiger partial charge in [0.1, 0.15) is 0 Å². The monoisotopic (exact) mass is 336 g/mol. The van der Waals surface area contributed by atoms with Crippen LogP contribution in [0.2, 0.25) is 0 Å². The van der Waals surface area contributed by atoms with Crippen molar-refractivity contribution < 1.29 is 14.7 Å². The lowest BCUT2D eigenvalue weighted by Crippen LogP contribution is -2.45. The summed E-state index contributed by atoms with van der Waals surface area (Å²) in [6, 6.07) is 7.73.